The molecule has 0 saturated heterocycles. The van der Waals surface area contributed by atoms with Gasteiger partial charge in [0.15, 0.2) is 0 Å². The van der Waals surface area contributed by atoms with Crippen molar-refractivity contribution in [2.24, 2.45) is 0 Å². The number of rotatable bonds is 3. The van der Waals surface area contributed by atoms with Crippen molar-refractivity contribution in [2.45, 2.75) is 6.92 Å². The molecule has 0 atom stereocenters. The van der Waals surface area contributed by atoms with Gasteiger partial charge in [-0.2, -0.15) is 0 Å². The number of aryl methyl sites for hydroxylation is 1. The number of nitro groups is 1. The molecule has 102 valence electrons. The van der Waals surface area contributed by atoms with Gasteiger partial charge in [0.05, 0.1) is 4.92 Å². The van der Waals surface area contributed by atoms with Crippen LogP contribution in [0.4, 0.5) is 11.5 Å². The van der Waals surface area contributed by atoms with Crippen molar-refractivity contribution >= 4 is 33.3 Å². The van der Waals surface area contributed by atoms with Crippen molar-refractivity contribution in [2.75, 3.05) is 5.32 Å². The molecule has 1 amide bonds. The Balaban J connectivity index is 2.18. The first-order chi connectivity index (χ1) is 9.47. The van der Waals surface area contributed by atoms with Gasteiger partial charge in [-0.3, -0.25) is 14.9 Å². The number of hydrogen-bond donors (Lipinski definition) is 1. The first-order valence-corrected chi connectivity index (χ1v) is 6.31. The Morgan fingerprint density at radius 3 is 2.65 bits per heavy atom. The van der Waals surface area contributed by atoms with Crippen molar-refractivity contribution in [3.63, 3.8) is 0 Å². The van der Waals surface area contributed by atoms with E-state index in [1.165, 1.54) is 25.3 Å². The Labute approximate surface area is 122 Å². The maximum Gasteiger partial charge on any atom is 0.290 e. The van der Waals surface area contributed by atoms with Crippen LogP contribution < -0.4 is 5.32 Å². The summed E-state index contributed by atoms with van der Waals surface area (Å²) < 4.78 is 0.762. The van der Waals surface area contributed by atoms with Gasteiger partial charge in [-0.05, 0) is 41.1 Å². The van der Waals surface area contributed by atoms with Crippen LogP contribution in [0.15, 0.2) is 34.9 Å². The summed E-state index contributed by atoms with van der Waals surface area (Å²) >= 11 is 3.22. The molecule has 0 aliphatic heterocycles. The van der Waals surface area contributed by atoms with Gasteiger partial charge in [0, 0.05) is 16.7 Å². The Bertz CT molecular complexity index is 673. The fourth-order valence-electron chi connectivity index (χ4n) is 1.51. The number of amides is 1. The number of halogens is 1. The minimum atomic E-state index is -0.524. The molecule has 1 N–H and O–H groups in total. The van der Waals surface area contributed by atoms with Crippen LogP contribution in [0.3, 0.4) is 0 Å². The highest BCUT2D eigenvalue weighted by Crippen LogP contribution is 2.18. The normalized spacial score (nSPS) is 10.1. The SMILES string of the molecule is Cc1nc(NC(=O)c2ccc(Br)cn2)ccc1[N+](=O)[O-]. The topological polar surface area (TPSA) is 98.0 Å². The van der Waals surface area contributed by atoms with Gasteiger partial charge in [-0.1, -0.05) is 0 Å². The first kappa shape index (κ1) is 14.1. The lowest BCUT2D eigenvalue weighted by atomic mass is 10.3. The third-order valence-electron chi connectivity index (χ3n) is 2.46. The fraction of sp³-hybridized carbons (Fsp3) is 0.0833. The molecule has 0 aromatic carbocycles. The second-order valence-electron chi connectivity index (χ2n) is 3.87. The van der Waals surface area contributed by atoms with Crippen molar-refractivity contribution in [1.82, 2.24) is 9.97 Å². The van der Waals surface area contributed by atoms with Crippen molar-refractivity contribution < 1.29 is 9.72 Å². The highest BCUT2D eigenvalue weighted by atomic mass is 79.9. The summed E-state index contributed by atoms with van der Waals surface area (Å²) in [5.41, 5.74) is 0.368. The maximum atomic E-state index is 11.9. The number of carbonyl (C=O) groups is 1. The van der Waals surface area contributed by atoms with Gasteiger partial charge in [-0.25, -0.2) is 9.97 Å². The molecule has 8 heteroatoms. The molecule has 2 aromatic heterocycles. The molecule has 0 bridgehead atoms. The average Bonchev–Trinajstić information content (AvgIpc) is 2.39. The summed E-state index contributed by atoms with van der Waals surface area (Å²) in [6.45, 7) is 1.51. The van der Waals surface area contributed by atoms with Crippen LogP contribution in [0.1, 0.15) is 16.2 Å². The van der Waals surface area contributed by atoms with Gasteiger partial charge in [-0.15, -0.1) is 0 Å². The minimum Gasteiger partial charge on any atom is -0.305 e. The predicted molar refractivity (Wildman–Crippen MR) is 75.5 cm³/mol. The van der Waals surface area contributed by atoms with Crippen molar-refractivity contribution in [3.05, 3.63) is 56.4 Å². The maximum absolute atomic E-state index is 11.9. The van der Waals surface area contributed by atoms with E-state index < -0.39 is 10.8 Å². The van der Waals surface area contributed by atoms with Crippen LogP contribution in [0.2, 0.25) is 0 Å². The van der Waals surface area contributed by atoms with Gasteiger partial charge in [0.2, 0.25) is 0 Å². The van der Waals surface area contributed by atoms with E-state index in [1.54, 1.807) is 12.1 Å². The van der Waals surface area contributed by atoms with E-state index in [0.717, 1.165) is 4.47 Å². The zero-order valence-corrected chi connectivity index (χ0v) is 11.9. The standard InChI is InChI=1S/C12H9BrN4O3/c1-7-10(17(19)20)4-5-11(15-7)16-12(18)9-3-2-8(13)6-14-9/h2-6H,1H3,(H,15,16,18). The van der Waals surface area contributed by atoms with E-state index in [1.807, 2.05) is 0 Å². The van der Waals surface area contributed by atoms with Crippen LogP contribution in [-0.4, -0.2) is 20.8 Å². The lowest BCUT2D eigenvalue weighted by Gasteiger charge is -2.05. The van der Waals surface area contributed by atoms with Crippen LogP contribution in [0, 0.1) is 17.0 Å². The zero-order chi connectivity index (χ0) is 14.7. The third kappa shape index (κ3) is 3.15. The number of nitrogens with zero attached hydrogens (tertiary/aromatic N) is 3. The summed E-state index contributed by atoms with van der Waals surface area (Å²) in [4.78, 5) is 30.0. The second kappa shape index (κ2) is 5.74. The monoisotopic (exact) mass is 336 g/mol. The summed E-state index contributed by atoms with van der Waals surface area (Å²) in [6.07, 6.45) is 1.50. The number of aromatic nitrogens is 2. The summed E-state index contributed by atoms with van der Waals surface area (Å²) in [7, 11) is 0. The highest BCUT2D eigenvalue weighted by Gasteiger charge is 2.14. The molecule has 0 saturated carbocycles. The molecule has 0 aliphatic carbocycles. The number of nitrogens with one attached hydrogen (secondary N) is 1. The number of pyridine rings is 2. The molecular formula is C12H9BrN4O3. The molecule has 2 rings (SSSR count). The Morgan fingerprint density at radius 1 is 1.35 bits per heavy atom. The number of carbonyl (C=O) groups excluding carboxylic acids is 1. The number of anilines is 1. The molecule has 0 spiro atoms. The molecule has 7 nitrogen and oxygen atoms in total. The van der Waals surface area contributed by atoms with Crippen LogP contribution in [-0.2, 0) is 0 Å². The predicted octanol–water partition coefficient (Wildman–Crippen LogP) is 2.71. The van der Waals surface area contributed by atoms with E-state index in [2.05, 4.69) is 31.2 Å². The van der Waals surface area contributed by atoms with Gasteiger partial charge in [0.1, 0.15) is 17.2 Å². The molecule has 0 unspecified atom stereocenters. The van der Waals surface area contributed by atoms with E-state index in [4.69, 9.17) is 0 Å². The molecule has 0 fully saturated rings. The Hall–Kier alpha value is -2.35. The molecule has 0 aliphatic rings. The lowest BCUT2D eigenvalue weighted by Crippen LogP contribution is -2.14. The zero-order valence-electron chi connectivity index (χ0n) is 10.3. The molecule has 20 heavy (non-hydrogen) atoms. The van der Waals surface area contributed by atoms with Gasteiger partial charge in [0.25, 0.3) is 11.6 Å². The van der Waals surface area contributed by atoms with Crippen molar-refractivity contribution in [3.8, 4) is 0 Å². The van der Waals surface area contributed by atoms with Gasteiger partial charge < -0.3 is 5.32 Å². The smallest absolute Gasteiger partial charge is 0.290 e. The van der Waals surface area contributed by atoms with E-state index in [0.29, 0.717) is 0 Å². The van der Waals surface area contributed by atoms with E-state index in [9.17, 15) is 14.9 Å². The largest absolute Gasteiger partial charge is 0.305 e. The van der Waals surface area contributed by atoms with Crippen LogP contribution in [0.5, 0.6) is 0 Å². The summed E-state index contributed by atoms with van der Waals surface area (Å²) in [5.74, 6) is -0.193. The Kier molecular flexibility index (Phi) is 4.04. The quantitative estimate of drug-likeness (QED) is 0.686. The molecule has 2 aromatic rings. The molecular weight excluding hydrogens is 328 g/mol. The fourth-order valence-corrected chi connectivity index (χ4v) is 1.74. The molecule has 2 heterocycles. The van der Waals surface area contributed by atoms with Gasteiger partial charge >= 0.3 is 0 Å². The van der Waals surface area contributed by atoms with E-state index >= 15 is 0 Å². The first-order valence-electron chi connectivity index (χ1n) is 5.52. The summed E-state index contributed by atoms with van der Waals surface area (Å²) in [5, 5.41) is 13.2. The number of hydrogen-bond acceptors (Lipinski definition) is 5. The molecule has 0 radical (unpaired) electrons. The average molecular weight is 337 g/mol. The third-order valence-corrected chi connectivity index (χ3v) is 2.93. The van der Waals surface area contributed by atoms with Crippen LogP contribution >= 0.6 is 15.9 Å². The van der Waals surface area contributed by atoms with Crippen molar-refractivity contribution in [1.29, 1.82) is 0 Å². The highest BCUT2D eigenvalue weighted by molar-refractivity contribution is 9.10. The summed E-state index contributed by atoms with van der Waals surface area (Å²) in [6, 6.07) is 5.92. The Morgan fingerprint density at radius 2 is 2.10 bits per heavy atom. The van der Waals surface area contributed by atoms with E-state index in [-0.39, 0.29) is 22.9 Å². The minimum absolute atomic E-state index is 0.0928. The second-order valence-corrected chi connectivity index (χ2v) is 4.79. The van der Waals surface area contributed by atoms with Crippen LogP contribution in [0.25, 0.3) is 0 Å². The lowest BCUT2D eigenvalue weighted by molar-refractivity contribution is -0.385.